The Bertz CT molecular complexity index is 1510. The largest absolute Gasteiger partial charge is 0.493 e. The van der Waals surface area contributed by atoms with Gasteiger partial charge in [-0.25, -0.2) is 0 Å². The van der Waals surface area contributed by atoms with Crippen LogP contribution in [0.15, 0.2) is 54.9 Å². The third-order valence-electron chi connectivity index (χ3n) is 6.81. The van der Waals surface area contributed by atoms with Gasteiger partial charge in [0.15, 0.2) is 11.5 Å². The lowest BCUT2D eigenvalue weighted by Crippen LogP contribution is -2.37. The summed E-state index contributed by atoms with van der Waals surface area (Å²) >= 11 is 0. The first-order valence-corrected chi connectivity index (χ1v) is 13.4. The molecule has 3 heterocycles. The van der Waals surface area contributed by atoms with Crippen molar-refractivity contribution in [3.05, 3.63) is 71.7 Å². The predicted octanol–water partition coefficient (Wildman–Crippen LogP) is 5.76. The number of ether oxygens (including phenoxy) is 4. The van der Waals surface area contributed by atoms with Crippen LogP contribution >= 0.6 is 0 Å². The molecule has 9 nitrogen and oxygen atoms in total. The highest BCUT2D eigenvalue weighted by Gasteiger charge is 2.16. The minimum atomic E-state index is 0.430. The van der Waals surface area contributed by atoms with Gasteiger partial charge >= 0.3 is 0 Å². The summed E-state index contributed by atoms with van der Waals surface area (Å²) in [7, 11) is 1.61. The summed E-state index contributed by atoms with van der Waals surface area (Å²) in [4.78, 5) is 11.2. The van der Waals surface area contributed by atoms with E-state index in [0.717, 1.165) is 67.3 Å². The van der Waals surface area contributed by atoms with Crippen molar-refractivity contribution in [2.24, 2.45) is 0 Å². The van der Waals surface area contributed by atoms with Gasteiger partial charge in [-0.1, -0.05) is 0 Å². The Morgan fingerprint density at radius 1 is 1.00 bits per heavy atom. The third-order valence-corrected chi connectivity index (χ3v) is 6.81. The standard InChI is InChI=1S/C31H33N5O4/c1-21-15-24(6-8-28(21)40-25-7-5-22(2)33-20-25)35-31-23(18-32)19-34-27-17-29(37-3)30(16-26(27)31)39-12-4-9-36-10-13-38-14-11-36/h5-8,15-17,19-20H,4,9-14H2,1-3H3,(H,34,35). The smallest absolute Gasteiger partial charge is 0.162 e. The second kappa shape index (κ2) is 12.6. The third kappa shape index (κ3) is 6.42. The number of aryl methyl sites for hydroxylation is 2. The van der Waals surface area contributed by atoms with Gasteiger partial charge < -0.3 is 24.3 Å². The second-order valence-corrected chi connectivity index (χ2v) is 9.68. The lowest BCUT2D eigenvalue weighted by molar-refractivity contribution is 0.0357. The molecular formula is C31H33N5O4. The maximum atomic E-state index is 9.88. The van der Waals surface area contributed by atoms with E-state index in [1.54, 1.807) is 19.5 Å². The average molecular weight is 540 g/mol. The van der Waals surface area contributed by atoms with E-state index in [1.165, 1.54) is 0 Å². The molecule has 0 unspecified atom stereocenters. The number of morpholine rings is 1. The summed E-state index contributed by atoms with van der Waals surface area (Å²) in [5, 5.41) is 14.1. The van der Waals surface area contributed by atoms with E-state index in [4.69, 9.17) is 18.9 Å². The molecule has 1 aliphatic heterocycles. The molecule has 2 aromatic heterocycles. The molecule has 1 N–H and O–H groups in total. The number of hydrogen-bond donors (Lipinski definition) is 1. The van der Waals surface area contributed by atoms with Crippen LogP contribution in [0, 0.1) is 25.2 Å². The fraction of sp³-hybridized carbons (Fsp3) is 0.323. The first-order valence-electron chi connectivity index (χ1n) is 13.4. The fourth-order valence-electron chi connectivity index (χ4n) is 4.61. The number of rotatable bonds is 10. The number of nitriles is 1. The Balaban J connectivity index is 1.37. The number of nitrogens with one attached hydrogen (secondary N) is 1. The Hall–Kier alpha value is -4.39. The Morgan fingerprint density at radius 2 is 1.85 bits per heavy atom. The summed E-state index contributed by atoms with van der Waals surface area (Å²) in [5.41, 5.74) is 4.47. The molecule has 0 atom stereocenters. The van der Waals surface area contributed by atoms with E-state index in [1.807, 2.05) is 56.3 Å². The summed E-state index contributed by atoms with van der Waals surface area (Å²) in [6.45, 7) is 8.87. The van der Waals surface area contributed by atoms with E-state index >= 15 is 0 Å². The zero-order valence-electron chi connectivity index (χ0n) is 23.1. The number of aromatic nitrogens is 2. The van der Waals surface area contributed by atoms with Crippen molar-refractivity contribution in [1.29, 1.82) is 5.26 Å². The summed E-state index contributed by atoms with van der Waals surface area (Å²) in [6, 6.07) is 15.6. The maximum absolute atomic E-state index is 9.88. The molecule has 5 rings (SSSR count). The van der Waals surface area contributed by atoms with Crippen molar-refractivity contribution in [1.82, 2.24) is 14.9 Å². The molecule has 40 heavy (non-hydrogen) atoms. The number of pyridine rings is 2. The fourth-order valence-corrected chi connectivity index (χ4v) is 4.61. The lowest BCUT2D eigenvalue weighted by atomic mass is 10.1. The van der Waals surface area contributed by atoms with Crippen LogP contribution in [0.25, 0.3) is 10.9 Å². The van der Waals surface area contributed by atoms with Crippen LogP contribution < -0.4 is 19.5 Å². The van der Waals surface area contributed by atoms with E-state index in [9.17, 15) is 5.26 Å². The lowest BCUT2D eigenvalue weighted by Gasteiger charge is -2.26. The molecule has 0 radical (unpaired) electrons. The van der Waals surface area contributed by atoms with E-state index < -0.39 is 0 Å². The van der Waals surface area contributed by atoms with Gasteiger partial charge in [0.25, 0.3) is 0 Å². The zero-order valence-corrected chi connectivity index (χ0v) is 23.1. The van der Waals surface area contributed by atoms with Gasteiger partial charge in [-0.2, -0.15) is 5.26 Å². The SMILES string of the molecule is COc1cc2ncc(C#N)c(Nc3ccc(Oc4ccc(C)nc4)c(C)c3)c2cc1OCCCN1CCOCC1. The number of benzene rings is 2. The first kappa shape index (κ1) is 27.2. The molecule has 0 aliphatic carbocycles. The van der Waals surface area contributed by atoms with Crippen molar-refractivity contribution < 1.29 is 18.9 Å². The van der Waals surface area contributed by atoms with Gasteiger partial charge in [0.1, 0.15) is 17.6 Å². The van der Waals surface area contributed by atoms with Crippen LogP contribution in [-0.2, 0) is 4.74 Å². The molecular weight excluding hydrogens is 506 g/mol. The summed E-state index contributed by atoms with van der Waals surface area (Å²) in [6.07, 6.45) is 4.16. The number of anilines is 2. The van der Waals surface area contributed by atoms with Crippen LogP contribution in [0.5, 0.6) is 23.0 Å². The van der Waals surface area contributed by atoms with Crippen molar-refractivity contribution in [2.75, 3.05) is 51.9 Å². The minimum absolute atomic E-state index is 0.430. The molecule has 0 amide bonds. The summed E-state index contributed by atoms with van der Waals surface area (Å²) < 4.78 is 23.2. The second-order valence-electron chi connectivity index (χ2n) is 9.68. The monoisotopic (exact) mass is 539 g/mol. The number of fused-ring (bicyclic) bond motifs is 1. The van der Waals surface area contributed by atoms with Crippen molar-refractivity contribution in [3.63, 3.8) is 0 Å². The van der Waals surface area contributed by atoms with Crippen LogP contribution in [0.1, 0.15) is 23.2 Å². The molecule has 2 aromatic carbocycles. The van der Waals surface area contributed by atoms with Gasteiger partial charge in [-0.15, -0.1) is 0 Å². The highest BCUT2D eigenvalue weighted by Crippen LogP contribution is 2.38. The molecule has 9 heteroatoms. The molecule has 0 saturated carbocycles. The van der Waals surface area contributed by atoms with Crippen molar-refractivity contribution >= 4 is 22.3 Å². The van der Waals surface area contributed by atoms with Crippen LogP contribution in [-0.4, -0.2) is 61.4 Å². The molecule has 1 aliphatic rings. The molecule has 4 aromatic rings. The number of methoxy groups -OCH3 is 1. The van der Waals surface area contributed by atoms with Crippen molar-refractivity contribution in [2.45, 2.75) is 20.3 Å². The number of hydrogen-bond acceptors (Lipinski definition) is 9. The average Bonchev–Trinajstić information content (AvgIpc) is 2.98. The number of nitrogens with zero attached hydrogens (tertiary/aromatic N) is 4. The molecule has 0 bridgehead atoms. The molecule has 206 valence electrons. The molecule has 0 spiro atoms. The van der Waals surface area contributed by atoms with E-state index in [-0.39, 0.29) is 0 Å². The normalized spacial score (nSPS) is 13.6. The zero-order chi connectivity index (χ0) is 27.9. The van der Waals surface area contributed by atoms with E-state index in [2.05, 4.69) is 26.3 Å². The van der Waals surface area contributed by atoms with Gasteiger partial charge in [-0.05, 0) is 62.2 Å². The van der Waals surface area contributed by atoms with Crippen LogP contribution in [0.4, 0.5) is 11.4 Å². The van der Waals surface area contributed by atoms with Gasteiger partial charge in [0, 0.05) is 48.7 Å². The Kier molecular flexibility index (Phi) is 8.59. The summed E-state index contributed by atoms with van der Waals surface area (Å²) in [5.74, 6) is 2.62. The molecule has 1 fully saturated rings. The Morgan fingerprint density at radius 3 is 2.58 bits per heavy atom. The van der Waals surface area contributed by atoms with Gasteiger partial charge in [-0.3, -0.25) is 14.9 Å². The maximum Gasteiger partial charge on any atom is 0.162 e. The van der Waals surface area contributed by atoms with E-state index in [0.29, 0.717) is 40.6 Å². The first-order chi connectivity index (χ1) is 19.5. The topological polar surface area (TPSA) is 102 Å². The van der Waals surface area contributed by atoms with Crippen molar-refractivity contribution in [3.8, 4) is 29.1 Å². The minimum Gasteiger partial charge on any atom is -0.493 e. The Labute approximate surface area is 234 Å². The highest BCUT2D eigenvalue weighted by molar-refractivity contribution is 5.97. The van der Waals surface area contributed by atoms with Gasteiger partial charge in [0.05, 0.1) is 49.9 Å². The predicted molar refractivity (Wildman–Crippen MR) is 154 cm³/mol. The van der Waals surface area contributed by atoms with Gasteiger partial charge in [0.2, 0.25) is 0 Å². The quantitative estimate of drug-likeness (QED) is 0.252. The highest BCUT2D eigenvalue weighted by atomic mass is 16.5. The molecule has 1 saturated heterocycles. The van der Waals surface area contributed by atoms with Crippen LogP contribution in [0.3, 0.4) is 0 Å². The van der Waals surface area contributed by atoms with Crippen LogP contribution in [0.2, 0.25) is 0 Å².